The molecule has 0 unspecified atom stereocenters. The van der Waals surface area contributed by atoms with Crippen molar-refractivity contribution >= 4 is 46.2 Å². The second kappa shape index (κ2) is 14.9. The second-order valence-corrected chi connectivity index (χ2v) is 23.2. The first-order chi connectivity index (χ1) is 23.1. The van der Waals surface area contributed by atoms with Gasteiger partial charge in [0.25, 0.3) is 0 Å². The van der Waals surface area contributed by atoms with Gasteiger partial charge in [-0.3, -0.25) is 0 Å². The van der Waals surface area contributed by atoms with Crippen LogP contribution in [0, 0.1) is 0 Å². The quantitative estimate of drug-likeness (QED) is 0.135. The minimum atomic E-state index is -4.22. The maximum atomic E-state index is 2.45. The van der Waals surface area contributed by atoms with Crippen LogP contribution < -0.4 is 0 Å². The van der Waals surface area contributed by atoms with Gasteiger partial charge in [0.05, 0.1) is 0 Å². The Balaban J connectivity index is 1.98. The average molecular weight is 719 g/mol. The zero-order valence-electron chi connectivity index (χ0n) is 29.4. The molecule has 3 heteroatoms. The molecule has 0 saturated heterocycles. The summed E-state index contributed by atoms with van der Waals surface area (Å²) in [5, 5.41) is 0. The Morgan fingerprint density at radius 1 is 0.447 bits per heavy atom. The molecule has 236 valence electrons. The summed E-state index contributed by atoms with van der Waals surface area (Å²) in [6.45, 7) is 15.6. The van der Waals surface area contributed by atoms with Crippen molar-refractivity contribution in [3.05, 3.63) is 166 Å². The van der Waals surface area contributed by atoms with Crippen LogP contribution in [0.5, 0.6) is 0 Å². The van der Waals surface area contributed by atoms with Gasteiger partial charge < -0.3 is 0 Å². The van der Waals surface area contributed by atoms with Crippen LogP contribution >= 0.6 is 0 Å². The van der Waals surface area contributed by atoms with Crippen LogP contribution in [0.15, 0.2) is 143 Å². The standard InChI is InChI=1S/2C22H25B.Sn/c1-4-21(17-19-13-9-7-10-14-19)22(23(5-2)6-3)18-20-15-11-8-12-16-20;1-4-21(17-19-13-9-7-10-14-19)23(6-3)22(5-2)18-20-15-11-8-12-16-20;/h2*7-16H,4-6H2,1-3H3;. The first-order valence-electron chi connectivity index (χ1n) is 18.3. The van der Waals surface area contributed by atoms with Crippen molar-refractivity contribution in [3.63, 3.8) is 0 Å². The van der Waals surface area contributed by atoms with Gasteiger partial charge in [-0.25, -0.2) is 0 Å². The molecule has 4 aromatic carbocycles. The molecule has 0 bridgehead atoms. The van der Waals surface area contributed by atoms with E-state index in [1.807, 2.05) is 0 Å². The summed E-state index contributed by atoms with van der Waals surface area (Å²) in [5.41, 5.74) is 12.5. The van der Waals surface area contributed by atoms with Crippen molar-refractivity contribution in [1.82, 2.24) is 0 Å². The Morgan fingerprint density at radius 2 is 0.809 bits per heavy atom. The van der Waals surface area contributed by atoms with Gasteiger partial charge in [0.1, 0.15) is 0 Å². The van der Waals surface area contributed by atoms with Crippen LogP contribution in [0.25, 0.3) is 14.4 Å². The molecule has 0 N–H and O–H groups in total. The molecule has 0 saturated carbocycles. The van der Waals surface area contributed by atoms with Crippen LogP contribution in [0.1, 0.15) is 83.1 Å². The Hall–Kier alpha value is -3.23. The van der Waals surface area contributed by atoms with E-state index >= 15 is 0 Å². The number of hydrogen-bond donors (Lipinski definition) is 0. The first-order valence-corrected chi connectivity index (χ1v) is 24.0. The zero-order valence-corrected chi connectivity index (χ0v) is 32.3. The predicted octanol–water partition coefficient (Wildman–Crippen LogP) is 12.3. The molecule has 1 spiro atoms. The molecular weight excluding hydrogens is 669 g/mol. The average Bonchev–Trinajstić information content (AvgIpc) is 3.43. The van der Waals surface area contributed by atoms with Gasteiger partial charge >= 0.3 is 291 Å². The topological polar surface area (TPSA) is 0 Å². The number of hydrogen-bond acceptors (Lipinski definition) is 0. The van der Waals surface area contributed by atoms with E-state index in [0.29, 0.717) is 13.4 Å². The first kappa shape index (κ1) is 33.7. The third-order valence-corrected chi connectivity index (χ3v) is 26.4. The van der Waals surface area contributed by atoms with E-state index in [-0.39, 0.29) is 0 Å². The zero-order chi connectivity index (χ0) is 33.0. The molecule has 2 aliphatic rings. The summed E-state index contributed by atoms with van der Waals surface area (Å²) < 4.78 is 6.91. The van der Waals surface area contributed by atoms with E-state index in [1.165, 1.54) is 22.3 Å². The van der Waals surface area contributed by atoms with Crippen molar-refractivity contribution in [2.75, 3.05) is 0 Å². The third kappa shape index (κ3) is 5.59. The fourth-order valence-electron chi connectivity index (χ4n) is 9.34. The normalized spacial score (nSPS) is 16.2. The van der Waals surface area contributed by atoms with Crippen LogP contribution in [0.4, 0.5) is 0 Å². The van der Waals surface area contributed by atoms with E-state index in [4.69, 9.17) is 0 Å². The summed E-state index contributed by atoms with van der Waals surface area (Å²) in [7, 11) is 0. The van der Waals surface area contributed by atoms with Gasteiger partial charge in [0.15, 0.2) is 0 Å². The van der Waals surface area contributed by atoms with Crippen LogP contribution in [0.2, 0.25) is 19.0 Å². The molecule has 4 aromatic rings. The molecule has 0 radical (unpaired) electrons. The molecule has 0 aliphatic carbocycles. The van der Waals surface area contributed by atoms with E-state index in [9.17, 15) is 0 Å². The van der Waals surface area contributed by atoms with Gasteiger partial charge in [-0.2, -0.15) is 0 Å². The van der Waals surface area contributed by atoms with Gasteiger partial charge in [0, 0.05) is 0 Å². The fourth-order valence-corrected chi connectivity index (χ4v) is 29.6. The molecule has 0 atom stereocenters. The molecular formula is C44H50B2Sn. The van der Waals surface area contributed by atoms with Gasteiger partial charge in [-0.15, -0.1) is 0 Å². The Labute approximate surface area is 289 Å². The van der Waals surface area contributed by atoms with Gasteiger partial charge in [0.2, 0.25) is 0 Å². The number of rotatable bonds is 11. The number of allylic oxidation sites excluding steroid dienone is 4. The van der Waals surface area contributed by atoms with E-state index < -0.39 is 18.4 Å². The Bertz CT molecular complexity index is 1750. The summed E-state index contributed by atoms with van der Waals surface area (Å²) in [6.07, 6.45) is 6.66. The van der Waals surface area contributed by atoms with E-state index in [1.54, 1.807) is 36.3 Å². The minimum absolute atomic E-state index is 0.453. The Morgan fingerprint density at radius 3 is 1.13 bits per heavy atom. The van der Waals surface area contributed by atoms with E-state index in [2.05, 4.69) is 163 Å². The molecule has 2 heterocycles. The maximum absolute atomic E-state index is 4.22. The molecule has 47 heavy (non-hydrogen) atoms. The van der Waals surface area contributed by atoms with Crippen molar-refractivity contribution < 1.29 is 0 Å². The van der Waals surface area contributed by atoms with Crippen molar-refractivity contribution in [3.8, 4) is 0 Å². The monoisotopic (exact) mass is 720 g/mol. The molecule has 0 amide bonds. The van der Waals surface area contributed by atoms with E-state index in [0.717, 1.165) is 38.2 Å². The van der Waals surface area contributed by atoms with Crippen LogP contribution in [-0.2, 0) is 0 Å². The summed E-state index contributed by atoms with van der Waals surface area (Å²) in [4.78, 5) is 0. The summed E-state index contributed by atoms with van der Waals surface area (Å²) >= 11 is -4.22. The SMILES string of the molecule is CCB1C(CC)=[C](c2ccccc2)[Sn]2([C](c3ccccc3)=C1CC)[C](c1ccccc1)=C(CC)C(B(CC)CC)=[C]2c1ccccc1. The predicted molar refractivity (Wildman–Crippen MR) is 213 cm³/mol. The summed E-state index contributed by atoms with van der Waals surface area (Å²) in [6, 6.07) is 46.6. The third-order valence-electron chi connectivity index (χ3n) is 11.0. The summed E-state index contributed by atoms with van der Waals surface area (Å²) in [5.74, 6) is 0. The molecule has 2 aliphatic heterocycles. The second-order valence-electron chi connectivity index (χ2n) is 13.2. The number of benzene rings is 4. The molecule has 0 aromatic heterocycles. The molecule has 0 fully saturated rings. The van der Waals surface area contributed by atoms with Gasteiger partial charge in [-0.1, -0.05) is 0 Å². The van der Waals surface area contributed by atoms with Crippen LogP contribution in [-0.4, -0.2) is 31.8 Å². The van der Waals surface area contributed by atoms with Crippen LogP contribution in [0.3, 0.4) is 0 Å². The van der Waals surface area contributed by atoms with Crippen molar-refractivity contribution in [2.24, 2.45) is 0 Å². The van der Waals surface area contributed by atoms with Crippen molar-refractivity contribution in [2.45, 2.75) is 79.8 Å². The molecule has 6 rings (SSSR count). The molecule has 0 nitrogen and oxygen atoms in total. The van der Waals surface area contributed by atoms with Crippen molar-refractivity contribution in [1.29, 1.82) is 0 Å². The fraction of sp³-hybridized carbons (Fsp3) is 0.273. The van der Waals surface area contributed by atoms with Gasteiger partial charge in [-0.05, 0) is 0 Å². The Kier molecular flexibility index (Phi) is 10.7.